The van der Waals surface area contributed by atoms with E-state index >= 15 is 4.39 Å². The van der Waals surface area contributed by atoms with Gasteiger partial charge in [-0.1, -0.05) is 38.1 Å². The molecule has 218 valence electrons. The van der Waals surface area contributed by atoms with Crippen molar-refractivity contribution in [3.8, 4) is 22.7 Å². The molecule has 0 saturated carbocycles. The van der Waals surface area contributed by atoms with Gasteiger partial charge in [-0.25, -0.2) is 18.7 Å². The number of fused-ring (bicyclic) bond motifs is 1. The molecule has 4 heterocycles. The van der Waals surface area contributed by atoms with Crippen molar-refractivity contribution in [2.75, 3.05) is 18.0 Å². The van der Waals surface area contributed by atoms with Gasteiger partial charge in [-0.2, -0.15) is 4.98 Å². The first-order chi connectivity index (χ1) is 19.9. The third kappa shape index (κ3) is 4.89. The summed E-state index contributed by atoms with van der Waals surface area (Å²) in [4.78, 5) is 44.1. The van der Waals surface area contributed by atoms with Gasteiger partial charge in [0.25, 0.3) is 0 Å². The molecule has 4 aromatic rings. The predicted molar refractivity (Wildman–Crippen MR) is 162 cm³/mol. The van der Waals surface area contributed by atoms with Crippen LogP contribution in [0.3, 0.4) is 0 Å². The van der Waals surface area contributed by atoms with Gasteiger partial charge in [-0.15, -0.1) is 0 Å². The smallest absolute Gasteiger partial charge is 0.355 e. The van der Waals surface area contributed by atoms with Crippen LogP contribution < -0.4 is 10.6 Å². The number of carbonyl (C=O) groups is 1. The number of phenolic OH excluding ortho intramolecular Hbond substituents is 1. The number of phenols is 1. The Morgan fingerprint density at radius 3 is 2.50 bits per heavy atom. The summed E-state index contributed by atoms with van der Waals surface area (Å²) < 4.78 is 16.4. The van der Waals surface area contributed by atoms with Crippen molar-refractivity contribution in [2.24, 2.45) is 0 Å². The number of aromatic hydroxyl groups is 1. The molecule has 0 spiro atoms. The van der Waals surface area contributed by atoms with E-state index in [9.17, 15) is 14.7 Å². The van der Waals surface area contributed by atoms with Crippen molar-refractivity contribution in [3.05, 3.63) is 81.8 Å². The van der Waals surface area contributed by atoms with Gasteiger partial charge in [-0.05, 0) is 62.6 Å². The summed E-state index contributed by atoms with van der Waals surface area (Å²) in [6, 6.07) is 6.92. The fourth-order valence-electron chi connectivity index (χ4n) is 5.79. The Hall–Kier alpha value is -4.31. The second kappa shape index (κ2) is 11.2. The zero-order valence-electron chi connectivity index (χ0n) is 24.1. The zero-order chi connectivity index (χ0) is 30.5. The van der Waals surface area contributed by atoms with Gasteiger partial charge in [0.05, 0.1) is 33.0 Å². The van der Waals surface area contributed by atoms with Gasteiger partial charge in [-0.3, -0.25) is 9.78 Å². The number of carbonyl (C=O) groups excluding carboxylic acids is 1. The molecule has 3 aromatic heterocycles. The lowest BCUT2D eigenvalue weighted by Gasteiger charge is -2.44. The number of halogens is 2. The number of aromatic nitrogens is 4. The number of hydrogen-bond donors (Lipinski definition) is 1. The highest BCUT2D eigenvalue weighted by molar-refractivity contribution is 6.34. The number of rotatable bonds is 5. The second-order valence-corrected chi connectivity index (χ2v) is 11.4. The van der Waals surface area contributed by atoms with Crippen molar-refractivity contribution >= 4 is 34.4 Å². The quantitative estimate of drug-likeness (QED) is 0.311. The molecule has 42 heavy (non-hydrogen) atoms. The summed E-state index contributed by atoms with van der Waals surface area (Å²) >= 11 is 6.73. The molecule has 11 heteroatoms. The van der Waals surface area contributed by atoms with Crippen LogP contribution in [0.15, 0.2) is 54.0 Å². The lowest BCUT2D eigenvalue weighted by molar-refractivity contribution is -0.130. The third-order valence-corrected chi connectivity index (χ3v) is 7.89. The van der Waals surface area contributed by atoms with Crippen LogP contribution in [0.2, 0.25) is 5.02 Å². The molecule has 1 saturated heterocycles. The number of hydrogen-bond acceptors (Lipinski definition) is 7. The van der Waals surface area contributed by atoms with Crippen molar-refractivity contribution in [1.29, 1.82) is 0 Å². The van der Waals surface area contributed by atoms with E-state index in [-0.39, 0.29) is 51.6 Å². The molecular weight excluding hydrogens is 559 g/mol. The van der Waals surface area contributed by atoms with Gasteiger partial charge < -0.3 is 14.9 Å². The van der Waals surface area contributed by atoms with E-state index in [4.69, 9.17) is 16.6 Å². The molecule has 1 aliphatic rings. The monoisotopic (exact) mass is 590 g/mol. The molecule has 1 amide bonds. The highest BCUT2D eigenvalue weighted by Gasteiger charge is 2.34. The van der Waals surface area contributed by atoms with Crippen molar-refractivity contribution in [3.63, 3.8) is 0 Å². The maximum atomic E-state index is 15.0. The van der Waals surface area contributed by atoms with Gasteiger partial charge in [0.1, 0.15) is 17.4 Å². The standard InChI is InChI=1S/C31H32ClFN6O3/c1-7-24(41)38-18(5)14-37(15-19(38)6)29-20-13-21(32)27(25-22(33)9-8-10-23(25)40)35-30(20)39(31(42)36-29)28-17(4)11-12-34-26(28)16(2)3/h7-13,16,18-19,40H,1,14-15H2,2-6H3/t18-,19+. The summed E-state index contributed by atoms with van der Waals surface area (Å²) in [5, 5.41) is 11.1. The largest absolute Gasteiger partial charge is 0.507 e. The third-order valence-electron chi connectivity index (χ3n) is 7.60. The Kier molecular flexibility index (Phi) is 7.76. The highest BCUT2D eigenvalue weighted by atomic mass is 35.5. The number of pyridine rings is 2. The molecule has 2 atom stereocenters. The number of piperazine rings is 1. The Morgan fingerprint density at radius 1 is 1.19 bits per heavy atom. The number of benzene rings is 1. The van der Waals surface area contributed by atoms with E-state index < -0.39 is 11.5 Å². The first-order valence-corrected chi connectivity index (χ1v) is 14.1. The molecule has 0 bridgehead atoms. The fourth-order valence-corrected chi connectivity index (χ4v) is 6.04. The van der Waals surface area contributed by atoms with Gasteiger partial charge in [0.2, 0.25) is 5.91 Å². The number of nitrogens with zero attached hydrogens (tertiary/aromatic N) is 6. The molecule has 9 nitrogen and oxygen atoms in total. The Morgan fingerprint density at radius 2 is 1.88 bits per heavy atom. The van der Waals surface area contributed by atoms with Crippen LogP contribution in [0.5, 0.6) is 5.75 Å². The lowest BCUT2D eigenvalue weighted by Crippen LogP contribution is -2.58. The predicted octanol–water partition coefficient (Wildman–Crippen LogP) is 5.38. The topological polar surface area (TPSA) is 104 Å². The number of anilines is 1. The highest BCUT2D eigenvalue weighted by Crippen LogP contribution is 2.39. The van der Waals surface area contributed by atoms with Gasteiger partial charge in [0, 0.05) is 31.4 Å². The van der Waals surface area contributed by atoms with E-state index in [0.717, 1.165) is 5.56 Å². The van der Waals surface area contributed by atoms with Crippen LogP contribution >= 0.6 is 11.6 Å². The van der Waals surface area contributed by atoms with E-state index in [1.54, 1.807) is 23.2 Å². The van der Waals surface area contributed by atoms with E-state index in [2.05, 4.69) is 16.5 Å². The number of aryl methyl sites for hydroxylation is 1. The molecule has 0 radical (unpaired) electrons. The van der Waals surface area contributed by atoms with Gasteiger partial charge >= 0.3 is 5.69 Å². The minimum absolute atomic E-state index is 0.0131. The molecule has 1 aliphatic heterocycles. The van der Waals surface area contributed by atoms with E-state index in [1.165, 1.54) is 28.8 Å². The van der Waals surface area contributed by atoms with E-state index in [1.807, 2.05) is 39.5 Å². The Bertz CT molecular complexity index is 1760. The zero-order valence-corrected chi connectivity index (χ0v) is 24.9. The van der Waals surface area contributed by atoms with Crippen molar-refractivity contribution < 1.29 is 14.3 Å². The maximum absolute atomic E-state index is 15.0. The van der Waals surface area contributed by atoms with E-state index in [0.29, 0.717) is 35.7 Å². The van der Waals surface area contributed by atoms with Crippen LogP contribution in [-0.2, 0) is 4.79 Å². The van der Waals surface area contributed by atoms with Crippen LogP contribution in [0.4, 0.5) is 10.2 Å². The van der Waals surface area contributed by atoms with Crippen LogP contribution in [-0.4, -0.2) is 60.6 Å². The van der Waals surface area contributed by atoms with Crippen LogP contribution in [0, 0.1) is 12.7 Å². The average Bonchev–Trinajstić information content (AvgIpc) is 2.92. The fraction of sp³-hybridized carbons (Fsp3) is 0.323. The minimum Gasteiger partial charge on any atom is -0.507 e. The van der Waals surface area contributed by atoms with Crippen LogP contribution in [0.1, 0.15) is 44.9 Å². The normalized spacial score (nSPS) is 17.2. The first-order valence-electron chi connectivity index (χ1n) is 13.7. The van der Waals surface area contributed by atoms with Gasteiger partial charge in [0.15, 0.2) is 5.65 Å². The summed E-state index contributed by atoms with van der Waals surface area (Å²) in [5.41, 5.74) is 1.38. The lowest BCUT2D eigenvalue weighted by atomic mass is 10.0. The summed E-state index contributed by atoms with van der Waals surface area (Å²) in [6.07, 6.45) is 2.98. The molecule has 5 rings (SSSR count). The molecule has 1 aromatic carbocycles. The molecule has 0 aliphatic carbocycles. The Balaban J connectivity index is 1.83. The summed E-state index contributed by atoms with van der Waals surface area (Å²) in [5.74, 6) is -0.908. The van der Waals surface area contributed by atoms with Crippen LogP contribution in [0.25, 0.3) is 28.0 Å². The number of amides is 1. The molecule has 1 fully saturated rings. The first kappa shape index (κ1) is 29.2. The minimum atomic E-state index is -0.710. The Labute approximate surface area is 247 Å². The molecule has 0 unspecified atom stereocenters. The summed E-state index contributed by atoms with van der Waals surface area (Å²) in [6.45, 7) is 14.1. The van der Waals surface area contributed by atoms with Crippen molar-refractivity contribution in [2.45, 2.75) is 52.6 Å². The van der Waals surface area contributed by atoms with Crippen molar-refractivity contribution in [1.82, 2.24) is 24.4 Å². The molecule has 1 N–H and O–H groups in total. The second-order valence-electron chi connectivity index (χ2n) is 10.9. The SMILES string of the molecule is C=CC(=O)N1[C@H](C)CN(c2nc(=O)n(-c3c(C)ccnc3C(C)C)c3nc(-c4c(O)cccc4F)c(Cl)cc23)C[C@@H]1C. The summed E-state index contributed by atoms with van der Waals surface area (Å²) in [7, 11) is 0. The molecular formula is C31H32ClFN6O3. The maximum Gasteiger partial charge on any atom is 0.355 e. The average molecular weight is 591 g/mol.